The number of hydrogen-bond donors (Lipinski definition) is 1. The number of likely N-dealkylation sites (N-methyl/N-ethyl adjacent to an activating group) is 1. The molecule has 0 amide bonds. The van der Waals surface area contributed by atoms with E-state index in [4.69, 9.17) is 4.74 Å². The number of hydrogen-bond acceptors (Lipinski definition) is 3. The van der Waals surface area contributed by atoms with Crippen molar-refractivity contribution in [2.45, 2.75) is 65.8 Å². The summed E-state index contributed by atoms with van der Waals surface area (Å²) < 4.78 is 8.13. The van der Waals surface area contributed by atoms with Crippen LogP contribution >= 0.6 is 0 Å². The van der Waals surface area contributed by atoms with Gasteiger partial charge in [0.2, 0.25) is 0 Å². The first-order valence-electron chi connectivity index (χ1n) is 7.84. The van der Waals surface area contributed by atoms with Crippen LogP contribution in [0.4, 0.5) is 0 Å². The van der Waals surface area contributed by atoms with Crippen LogP contribution in [0, 0.1) is 18.8 Å². The van der Waals surface area contributed by atoms with Crippen LogP contribution in [0.3, 0.4) is 0 Å². The lowest BCUT2D eigenvalue weighted by atomic mass is 9.81. The van der Waals surface area contributed by atoms with Gasteiger partial charge < -0.3 is 10.1 Å². The number of aromatic nitrogens is 2. The Morgan fingerprint density at radius 3 is 2.55 bits per heavy atom. The fourth-order valence-electron chi connectivity index (χ4n) is 3.68. The molecule has 114 valence electrons. The van der Waals surface area contributed by atoms with Crippen LogP contribution in [0.15, 0.2) is 6.07 Å². The highest BCUT2D eigenvalue weighted by Gasteiger charge is 2.41. The predicted octanol–water partition coefficient (Wildman–Crippen LogP) is 2.40. The van der Waals surface area contributed by atoms with Crippen LogP contribution in [-0.4, -0.2) is 35.1 Å². The molecule has 0 bridgehead atoms. The van der Waals surface area contributed by atoms with Crippen molar-refractivity contribution in [1.82, 2.24) is 15.1 Å². The van der Waals surface area contributed by atoms with Crippen LogP contribution in [-0.2, 0) is 17.7 Å². The molecular formula is C16H29N3O. The number of aryl methyl sites for hydroxylation is 2. The molecule has 0 radical (unpaired) electrons. The van der Waals surface area contributed by atoms with Gasteiger partial charge in [0.15, 0.2) is 0 Å². The number of rotatable bonds is 5. The van der Waals surface area contributed by atoms with E-state index >= 15 is 0 Å². The van der Waals surface area contributed by atoms with Crippen molar-refractivity contribution >= 4 is 0 Å². The molecule has 4 nitrogen and oxygen atoms in total. The maximum absolute atomic E-state index is 6.01. The third kappa shape index (κ3) is 2.91. The minimum atomic E-state index is 0.316. The third-order valence-corrected chi connectivity index (χ3v) is 4.87. The zero-order valence-corrected chi connectivity index (χ0v) is 13.7. The summed E-state index contributed by atoms with van der Waals surface area (Å²) in [4.78, 5) is 0. The molecule has 1 aromatic heterocycles. The predicted molar refractivity (Wildman–Crippen MR) is 81.9 cm³/mol. The van der Waals surface area contributed by atoms with E-state index in [-0.39, 0.29) is 0 Å². The Bertz CT molecular complexity index is 443. The van der Waals surface area contributed by atoms with E-state index in [9.17, 15) is 0 Å². The molecule has 0 saturated carbocycles. The van der Waals surface area contributed by atoms with Crippen molar-refractivity contribution in [1.29, 1.82) is 0 Å². The van der Waals surface area contributed by atoms with Crippen molar-refractivity contribution in [3.05, 3.63) is 17.5 Å². The van der Waals surface area contributed by atoms with Gasteiger partial charge in [-0.05, 0) is 46.7 Å². The summed E-state index contributed by atoms with van der Waals surface area (Å²) >= 11 is 0. The molecule has 1 saturated heterocycles. The van der Waals surface area contributed by atoms with Crippen molar-refractivity contribution < 1.29 is 4.74 Å². The lowest BCUT2D eigenvalue weighted by molar-refractivity contribution is 0.0478. The maximum Gasteiger partial charge on any atom is 0.0597 e. The lowest BCUT2D eigenvalue weighted by Crippen LogP contribution is -2.42. The Morgan fingerprint density at radius 1 is 1.35 bits per heavy atom. The summed E-state index contributed by atoms with van der Waals surface area (Å²) in [6, 6.07) is 2.65. The molecule has 2 heterocycles. The van der Waals surface area contributed by atoms with Gasteiger partial charge >= 0.3 is 0 Å². The Morgan fingerprint density at radius 2 is 2.05 bits per heavy atom. The zero-order valence-electron chi connectivity index (χ0n) is 13.7. The van der Waals surface area contributed by atoms with Gasteiger partial charge in [0.1, 0.15) is 0 Å². The molecule has 1 fully saturated rings. The van der Waals surface area contributed by atoms with Gasteiger partial charge in [-0.25, -0.2) is 0 Å². The van der Waals surface area contributed by atoms with Crippen molar-refractivity contribution in [2.75, 3.05) is 7.05 Å². The van der Waals surface area contributed by atoms with Gasteiger partial charge in [-0.1, -0.05) is 6.92 Å². The molecule has 5 atom stereocenters. The second-order valence-electron chi connectivity index (χ2n) is 6.17. The largest absolute Gasteiger partial charge is 0.375 e. The van der Waals surface area contributed by atoms with E-state index in [1.807, 2.05) is 0 Å². The fourth-order valence-corrected chi connectivity index (χ4v) is 3.68. The molecular weight excluding hydrogens is 250 g/mol. The molecule has 0 spiro atoms. The van der Waals surface area contributed by atoms with E-state index in [1.165, 1.54) is 5.69 Å². The molecule has 1 aromatic rings. The summed E-state index contributed by atoms with van der Waals surface area (Å²) in [5.41, 5.74) is 2.43. The molecule has 0 aromatic carbocycles. The molecule has 20 heavy (non-hydrogen) atoms. The first-order chi connectivity index (χ1) is 9.47. The average Bonchev–Trinajstić information content (AvgIpc) is 2.88. The molecule has 0 aliphatic carbocycles. The Kier molecular flexibility index (Phi) is 4.86. The van der Waals surface area contributed by atoms with Gasteiger partial charge in [-0.2, -0.15) is 5.10 Å². The monoisotopic (exact) mass is 279 g/mol. The van der Waals surface area contributed by atoms with Crippen molar-refractivity contribution in [3.63, 3.8) is 0 Å². The second-order valence-corrected chi connectivity index (χ2v) is 6.17. The summed E-state index contributed by atoms with van der Waals surface area (Å²) in [7, 11) is 2.06. The quantitative estimate of drug-likeness (QED) is 0.899. The molecule has 1 N–H and O–H groups in total. The Labute approximate surface area is 122 Å². The Hall–Kier alpha value is -0.870. The van der Waals surface area contributed by atoms with Gasteiger partial charge in [0.25, 0.3) is 0 Å². The lowest BCUT2D eigenvalue weighted by Gasteiger charge is -2.28. The smallest absolute Gasteiger partial charge is 0.0597 e. The number of nitrogens with zero attached hydrogens (tertiary/aromatic N) is 2. The van der Waals surface area contributed by atoms with Gasteiger partial charge in [0, 0.05) is 30.6 Å². The summed E-state index contributed by atoms with van der Waals surface area (Å²) in [6.07, 6.45) is 1.68. The third-order valence-electron chi connectivity index (χ3n) is 4.87. The normalized spacial score (nSPS) is 31.7. The molecule has 5 unspecified atom stereocenters. The highest BCUT2D eigenvalue weighted by molar-refractivity contribution is 5.11. The standard InChI is InChI=1S/C16H29N3O/c1-7-19-14(8-10(2)18-19)9-15(17-6)16-11(3)12(4)20-13(16)5/h8,11-13,15-17H,7,9H2,1-6H3. The van der Waals surface area contributed by atoms with E-state index in [0.717, 1.165) is 18.7 Å². The van der Waals surface area contributed by atoms with Crippen LogP contribution in [0.5, 0.6) is 0 Å². The minimum absolute atomic E-state index is 0.316. The van der Waals surface area contributed by atoms with Crippen LogP contribution in [0.1, 0.15) is 39.1 Å². The first kappa shape index (κ1) is 15.5. The second kappa shape index (κ2) is 6.27. The summed E-state index contributed by atoms with van der Waals surface area (Å²) in [6.45, 7) is 11.9. The van der Waals surface area contributed by atoms with Gasteiger partial charge in [-0.15, -0.1) is 0 Å². The molecule has 1 aliphatic heterocycles. The van der Waals surface area contributed by atoms with Crippen molar-refractivity contribution in [3.8, 4) is 0 Å². The average molecular weight is 279 g/mol. The zero-order chi connectivity index (χ0) is 14.9. The summed E-state index contributed by atoms with van der Waals surface area (Å²) in [5.74, 6) is 1.14. The Balaban J connectivity index is 2.16. The van der Waals surface area contributed by atoms with Gasteiger partial charge in [0.05, 0.1) is 17.9 Å². The highest BCUT2D eigenvalue weighted by atomic mass is 16.5. The van der Waals surface area contributed by atoms with E-state index in [2.05, 4.69) is 62.8 Å². The van der Waals surface area contributed by atoms with Crippen LogP contribution in [0.2, 0.25) is 0 Å². The highest BCUT2D eigenvalue weighted by Crippen LogP contribution is 2.35. The number of ether oxygens (including phenoxy) is 1. The molecule has 1 aliphatic rings. The topological polar surface area (TPSA) is 39.1 Å². The first-order valence-corrected chi connectivity index (χ1v) is 7.84. The van der Waals surface area contributed by atoms with E-state index in [0.29, 0.717) is 30.1 Å². The van der Waals surface area contributed by atoms with E-state index in [1.54, 1.807) is 0 Å². The van der Waals surface area contributed by atoms with Crippen LogP contribution < -0.4 is 5.32 Å². The summed E-state index contributed by atoms with van der Waals surface area (Å²) in [5, 5.41) is 8.07. The fraction of sp³-hybridized carbons (Fsp3) is 0.812. The molecule has 4 heteroatoms. The SMILES string of the molecule is CCn1nc(C)cc1CC(NC)C1C(C)OC(C)C1C. The van der Waals surface area contributed by atoms with Crippen LogP contribution in [0.25, 0.3) is 0 Å². The van der Waals surface area contributed by atoms with Crippen molar-refractivity contribution in [2.24, 2.45) is 11.8 Å². The van der Waals surface area contributed by atoms with Gasteiger partial charge in [-0.3, -0.25) is 4.68 Å². The molecule has 2 rings (SSSR count). The minimum Gasteiger partial charge on any atom is -0.375 e. The van der Waals surface area contributed by atoms with E-state index < -0.39 is 0 Å². The number of nitrogens with one attached hydrogen (secondary N) is 1. The maximum atomic E-state index is 6.01.